The summed E-state index contributed by atoms with van der Waals surface area (Å²) in [7, 11) is 1.52. The van der Waals surface area contributed by atoms with Crippen molar-refractivity contribution in [2.75, 3.05) is 20.3 Å². The number of rotatable bonds is 7. The second-order valence-corrected chi connectivity index (χ2v) is 5.55. The molecule has 1 aromatic carbocycles. The third-order valence-corrected chi connectivity index (χ3v) is 3.22. The molecule has 0 atom stereocenters. The number of hydrogen-bond acceptors (Lipinski definition) is 5. The molecule has 7 nitrogen and oxygen atoms in total. The minimum atomic E-state index is -0.707. The maximum atomic E-state index is 11.6. The van der Waals surface area contributed by atoms with E-state index in [1.54, 1.807) is 12.1 Å². The molecule has 0 aliphatic carbocycles. The molecule has 8 heteroatoms. The van der Waals surface area contributed by atoms with Gasteiger partial charge >= 0.3 is 12.0 Å². The number of carbonyl (C=O) groups is 3. The number of methoxy groups -OCH3 is 1. The summed E-state index contributed by atoms with van der Waals surface area (Å²) in [6, 6.07) is 4.71. The van der Waals surface area contributed by atoms with Gasteiger partial charge < -0.3 is 14.8 Å². The van der Waals surface area contributed by atoms with Crippen LogP contribution in [-0.4, -0.2) is 38.2 Å². The average molecular weight is 399 g/mol. The van der Waals surface area contributed by atoms with E-state index in [0.717, 1.165) is 10.9 Å². The van der Waals surface area contributed by atoms with E-state index in [1.807, 2.05) is 13.0 Å². The highest BCUT2D eigenvalue weighted by Gasteiger charge is 2.09. The van der Waals surface area contributed by atoms with Gasteiger partial charge in [-0.05, 0) is 30.7 Å². The van der Waals surface area contributed by atoms with E-state index in [4.69, 9.17) is 9.47 Å². The highest BCUT2D eigenvalue weighted by Crippen LogP contribution is 2.24. The van der Waals surface area contributed by atoms with Gasteiger partial charge in [0.05, 0.1) is 7.11 Å². The Balaban J connectivity index is 2.47. The van der Waals surface area contributed by atoms with E-state index in [9.17, 15) is 14.4 Å². The standard InChI is InChI=1S/C16H19BrN2O5/c1-3-8-18-16(22)19-14(20)10-24-15(21)7-4-11-9-12(17)5-6-13(11)23-2/h4-7,9H,3,8,10H2,1-2H3,(H2,18,19,20,22). The molecule has 1 rings (SSSR count). The minimum absolute atomic E-state index is 0.454. The second-order valence-electron chi connectivity index (χ2n) is 4.63. The van der Waals surface area contributed by atoms with Crippen molar-refractivity contribution >= 4 is 39.9 Å². The van der Waals surface area contributed by atoms with Crippen LogP contribution in [0, 0.1) is 0 Å². The third kappa shape index (κ3) is 7.28. The van der Waals surface area contributed by atoms with Gasteiger partial charge in [-0.15, -0.1) is 0 Å². The van der Waals surface area contributed by atoms with Crippen molar-refractivity contribution in [1.29, 1.82) is 0 Å². The lowest BCUT2D eigenvalue weighted by molar-refractivity contribution is -0.143. The Kier molecular flexibility index (Phi) is 8.56. The Hall–Kier alpha value is -2.35. The summed E-state index contributed by atoms with van der Waals surface area (Å²) in [5.41, 5.74) is 0.673. The van der Waals surface area contributed by atoms with Crippen LogP contribution in [0.4, 0.5) is 4.79 Å². The normalized spacial score (nSPS) is 10.3. The fourth-order valence-corrected chi connectivity index (χ4v) is 2.00. The number of amides is 3. The Bertz CT molecular complexity index is 631. The third-order valence-electron chi connectivity index (χ3n) is 2.72. The Morgan fingerprint density at radius 3 is 2.71 bits per heavy atom. The first-order valence-electron chi connectivity index (χ1n) is 7.22. The molecule has 0 spiro atoms. The van der Waals surface area contributed by atoms with E-state index in [2.05, 4.69) is 26.6 Å². The van der Waals surface area contributed by atoms with Gasteiger partial charge in [0, 0.05) is 22.7 Å². The first-order chi connectivity index (χ1) is 11.5. The molecule has 0 unspecified atom stereocenters. The zero-order chi connectivity index (χ0) is 17.9. The molecule has 24 heavy (non-hydrogen) atoms. The Morgan fingerprint density at radius 2 is 2.04 bits per heavy atom. The summed E-state index contributed by atoms with van der Waals surface area (Å²) in [6.07, 6.45) is 3.44. The molecule has 130 valence electrons. The fraction of sp³-hybridized carbons (Fsp3) is 0.312. The van der Waals surface area contributed by atoms with Gasteiger partial charge in [0.2, 0.25) is 0 Å². The molecule has 0 bridgehead atoms. The van der Waals surface area contributed by atoms with Crippen LogP contribution in [0.5, 0.6) is 5.75 Å². The summed E-state index contributed by atoms with van der Waals surface area (Å²) >= 11 is 3.33. The van der Waals surface area contributed by atoms with Gasteiger partial charge in [0.25, 0.3) is 5.91 Å². The molecule has 0 radical (unpaired) electrons. The summed E-state index contributed by atoms with van der Waals surface area (Å²) in [4.78, 5) is 34.3. The average Bonchev–Trinajstić information content (AvgIpc) is 2.56. The van der Waals surface area contributed by atoms with Gasteiger partial charge in [-0.1, -0.05) is 22.9 Å². The molecule has 3 amide bonds. The van der Waals surface area contributed by atoms with E-state index >= 15 is 0 Å². The van der Waals surface area contributed by atoms with E-state index in [-0.39, 0.29) is 0 Å². The number of hydrogen-bond donors (Lipinski definition) is 2. The molecule has 0 saturated carbocycles. The summed E-state index contributed by atoms with van der Waals surface area (Å²) in [6.45, 7) is 1.80. The van der Waals surface area contributed by atoms with Crippen LogP contribution in [0.1, 0.15) is 18.9 Å². The van der Waals surface area contributed by atoms with Crippen molar-refractivity contribution in [3.63, 3.8) is 0 Å². The summed E-state index contributed by atoms with van der Waals surface area (Å²) < 4.78 is 10.8. The predicted molar refractivity (Wildman–Crippen MR) is 92.5 cm³/mol. The number of imide groups is 1. The van der Waals surface area contributed by atoms with Crippen molar-refractivity contribution in [3.05, 3.63) is 34.3 Å². The Labute approximate surface area is 148 Å². The number of benzene rings is 1. The van der Waals surface area contributed by atoms with Crippen LogP contribution in [0.25, 0.3) is 6.08 Å². The number of urea groups is 1. The van der Waals surface area contributed by atoms with Gasteiger partial charge in [-0.25, -0.2) is 9.59 Å². The van der Waals surface area contributed by atoms with E-state index < -0.39 is 24.5 Å². The number of halogens is 1. The lowest BCUT2D eigenvalue weighted by atomic mass is 10.2. The first kappa shape index (κ1) is 19.7. The number of ether oxygens (including phenoxy) is 2. The topological polar surface area (TPSA) is 93.7 Å². The number of nitrogens with one attached hydrogen (secondary N) is 2. The molecule has 0 aliphatic heterocycles. The predicted octanol–water partition coefficient (Wildman–Crippen LogP) is 2.25. The molecule has 2 N–H and O–H groups in total. The van der Waals surface area contributed by atoms with Crippen molar-refractivity contribution in [1.82, 2.24) is 10.6 Å². The quantitative estimate of drug-likeness (QED) is 0.542. The van der Waals surface area contributed by atoms with Crippen molar-refractivity contribution in [2.24, 2.45) is 0 Å². The van der Waals surface area contributed by atoms with Gasteiger partial charge in [0.15, 0.2) is 6.61 Å². The van der Waals surface area contributed by atoms with Crippen LogP contribution in [0.2, 0.25) is 0 Å². The van der Waals surface area contributed by atoms with Crippen LogP contribution in [0.3, 0.4) is 0 Å². The van der Waals surface area contributed by atoms with E-state index in [1.165, 1.54) is 19.3 Å². The number of esters is 1. The lowest BCUT2D eigenvalue weighted by Crippen LogP contribution is -2.41. The van der Waals surface area contributed by atoms with Crippen LogP contribution < -0.4 is 15.4 Å². The zero-order valence-corrected chi connectivity index (χ0v) is 15.0. The van der Waals surface area contributed by atoms with Crippen LogP contribution in [-0.2, 0) is 14.3 Å². The number of carbonyl (C=O) groups excluding carboxylic acids is 3. The highest BCUT2D eigenvalue weighted by atomic mass is 79.9. The van der Waals surface area contributed by atoms with Gasteiger partial charge in [0.1, 0.15) is 5.75 Å². The van der Waals surface area contributed by atoms with Crippen molar-refractivity contribution in [3.8, 4) is 5.75 Å². The molecule has 0 heterocycles. The van der Waals surface area contributed by atoms with Crippen molar-refractivity contribution < 1.29 is 23.9 Å². The van der Waals surface area contributed by atoms with E-state index in [0.29, 0.717) is 17.9 Å². The molecule has 0 aromatic heterocycles. The minimum Gasteiger partial charge on any atom is -0.496 e. The largest absolute Gasteiger partial charge is 0.496 e. The smallest absolute Gasteiger partial charge is 0.331 e. The summed E-state index contributed by atoms with van der Waals surface area (Å²) in [5, 5.41) is 4.52. The maximum absolute atomic E-state index is 11.6. The Morgan fingerprint density at radius 1 is 1.29 bits per heavy atom. The van der Waals surface area contributed by atoms with Crippen molar-refractivity contribution in [2.45, 2.75) is 13.3 Å². The molecular formula is C16H19BrN2O5. The first-order valence-corrected chi connectivity index (χ1v) is 8.01. The maximum Gasteiger partial charge on any atom is 0.331 e. The second kappa shape index (κ2) is 10.4. The monoisotopic (exact) mass is 398 g/mol. The molecule has 1 aromatic rings. The molecule has 0 saturated heterocycles. The zero-order valence-electron chi connectivity index (χ0n) is 13.4. The lowest BCUT2D eigenvalue weighted by Gasteiger charge is -2.06. The van der Waals surface area contributed by atoms with Gasteiger partial charge in [-0.2, -0.15) is 0 Å². The SMILES string of the molecule is CCCNC(=O)NC(=O)COC(=O)C=Cc1cc(Br)ccc1OC. The molecule has 0 fully saturated rings. The van der Waals surface area contributed by atoms with Crippen LogP contribution in [0.15, 0.2) is 28.7 Å². The molecular weight excluding hydrogens is 380 g/mol. The summed E-state index contributed by atoms with van der Waals surface area (Å²) in [5.74, 6) is -0.820. The van der Waals surface area contributed by atoms with Gasteiger partial charge in [-0.3, -0.25) is 10.1 Å². The fourth-order valence-electron chi connectivity index (χ4n) is 1.62. The molecule has 0 aliphatic rings. The van der Waals surface area contributed by atoms with Crippen LogP contribution >= 0.6 is 15.9 Å². The highest BCUT2D eigenvalue weighted by molar-refractivity contribution is 9.10.